The van der Waals surface area contributed by atoms with E-state index in [1.54, 1.807) is 0 Å². The van der Waals surface area contributed by atoms with Crippen molar-refractivity contribution < 1.29 is 14.3 Å². The average Bonchev–Trinajstić information content (AvgIpc) is 2.24. The predicted octanol–water partition coefficient (Wildman–Crippen LogP) is 3.49. The molecule has 1 aliphatic carbocycles. The van der Waals surface area contributed by atoms with Crippen molar-refractivity contribution in [3.8, 4) is 0 Å². The number of carbonyl (C=O) groups excluding carboxylic acids is 1. The van der Waals surface area contributed by atoms with Crippen LogP contribution in [0.1, 0.15) is 60.8 Å². The van der Waals surface area contributed by atoms with E-state index in [1.165, 1.54) is 0 Å². The molecule has 19 heavy (non-hydrogen) atoms. The second-order valence-electron chi connectivity index (χ2n) is 6.97. The Hall–Kier alpha value is -0.770. The summed E-state index contributed by atoms with van der Waals surface area (Å²) in [5, 5.41) is 2.94. The topological polar surface area (TPSA) is 47.6 Å². The van der Waals surface area contributed by atoms with Crippen molar-refractivity contribution >= 4 is 6.09 Å². The lowest BCUT2D eigenvalue weighted by molar-refractivity contribution is -0.117. The number of carbonyl (C=O) groups is 1. The van der Waals surface area contributed by atoms with Gasteiger partial charge in [-0.25, -0.2) is 4.79 Å². The number of rotatable bonds is 5. The third-order valence-electron chi connectivity index (χ3n) is 3.69. The minimum Gasteiger partial charge on any atom is -0.444 e. The Kier molecular flexibility index (Phi) is 5.25. The molecule has 1 aliphatic rings. The van der Waals surface area contributed by atoms with Gasteiger partial charge in [0.25, 0.3) is 0 Å². The highest BCUT2D eigenvalue weighted by atomic mass is 16.6. The smallest absolute Gasteiger partial charge is 0.407 e. The molecular weight excluding hydrogens is 242 g/mol. The van der Waals surface area contributed by atoms with Crippen LogP contribution in [0, 0.1) is 5.41 Å². The van der Waals surface area contributed by atoms with Crippen molar-refractivity contribution in [1.29, 1.82) is 0 Å². The fourth-order valence-corrected chi connectivity index (χ4v) is 2.23. The van der Waals surface area contributed by atoms with Crippen LogP contribution in [-0.2, 0) is 9.47 Å². The summed E-state index contributed by atoms with van der Waals surface area (Å²) in [6.07, 6.45) is 3.01. The predicted molar refractivity (Wildman–Crippen MR) is 76.2 cm³/mol. The zero-order valence-corrected chi connectivity index (χ0v) is 13.2. The average molecular weight is 271 g/mol. The molecule has 0 bridgehead atoms. The molecule has 2 atom stereocenters. The monoisotopic (exact) mass is 271 g/mol. The van der Waals surface area contributed by atoms with Gasteiger partial charge in [0.1, 0.15) is 5.60 Å². The number of nitrogens with one attached hydrogen (secondary N) is 1. The molecule has 1 fully saturated rings. The Labute approximate surface area is 117 Å². The van der Waals surface area contributed by atoms with E-state index < -0.39 is 5.60 Å². The first-order valence-electron chi connectivity index (χ1n) is 7.28. The number of unbranched alkanes of at least 4 members (excludes halogenated alkanes) is 1. The van der Waals surface area contributed by atoms with Gasteiger partial charge in [0.15, 0.2) is 0 Å². The number of alkyl carbamates (subject to hydrolysis) is 1. The lowest BCUT2D eigenvalue weighted by Crippen LogP contribution is -2.62. The van der Waals surface area contributed by atoms with Crippen LogP contribution in [0.2, 0.25) is 0 Å². The van der Waals surface area contributed by atoms with Crippen molar-refractivity contribution in [3.63, 3.8) is 0 Å². The highest BCUT2D eigenvalue weighted by Gasteiger charge is 2.50. The molecule has 4 nitrogen and oxygen atoms in total. The minimum absolute atomic E-state index is 0.0232. The molecule has 1 rings (SSSR count). The van der Waals surface area contributed by atoms with Crippen LogP contribution in [0.3, 0.4) is 0 Å². The van der Waals surface area contributed by atoms with E-state index in [2.05, 4.69) is 26.1 Å². The van der Waals surface area contributed by atoms with Crippen LogP contribution < -0.4 is 5.32 Å². The molecule has 0 aromatic carbocycles. The number of amides is 1. The van der Waals surface area contributed by atoms with E-state index in [1.807, 2.05) is 20.8 Å². The molecule has 4 heteroatoms. The van der Waals surface area contributed by atoms with Gasteiger partial charge in [-0.2, -0.15) is 0 Å². The van der Waals surface area contributed by atoms with Gasteiger partial charge >= 0.3 is 6.09 Å². The second kappa shape index (κ2) is 6.12. The highest BCUT2D eigenvalue weighted by Crippen LogP contribution is 2.42. The lowest BCUT2D eigenvalue weighted by Gasteiger charge is -2.51. The summed E-state index contributed by atoms with van der Waals surface area (Å²) in [6, 6.07) is 0.133. The summed E-state index contributed by atoms with van der Waals surface area (Å²) in [7, 11) is 0. The molecule has 1 N–H and O–H groups in total. The molecule has 0 heterocycles. The van der Waals surface area contributed by atoms with Gasteiger partial charge in [0.2, 0.25) is 0 Å². The van der Waals surface area contributed by atoms with Gasteiger partial charge in [-0.1, -0.05) is 27.2 Å². The SMILES string of the molecule is CCCCOC1CC(NC(=O)OC(C)(C)C)C1(C)C. The third-order valence-corrected chi connectivity index (χ3v) is 3.69. The molecule has 0 saturated heterocycles. The fraction of sp³-hybridized carbons (Fsp3) is 0.933. The maximum Gasteiger partial charge on any atom is 0.407 e. The van der Waals surface area contributed by atoms with Gasteiger partial charge in [-0.3, -0.25) is 0 Å². The van der Waals surface area contributed by atoms with Gasteiger partial charge in [0, 0.05) is 18.1 Å². The largest absolute Gasteiger partial charge is 0.444 e. The second-order valence-corrected chi connectivity index (χ2v) is 6.97. The Balaban J connectivity index is 2.36. The first-order chi connectivity index (χ1) is 8.66. The lowest BCUT2D eigenvalue weighted by atomic mass is 9.64. The van der Waals surface area contributed by atoms with E-state index in [9.17, 15) is 4.79 Å². The van der Waals surface area contributed by atoms with Crippen molar-refractivity contribution in [1.82, 2.24) is 5.32 Å². The molecule has 0 aliphatic heterocycles. The van der Waals surface area contributed by atoms with Crippen LogP contribution in [0.4, 0.5) is 4.79 Å². The maximum absolute atomic E-state index is 11.7. The van der Waals surface area contributed by atoms with Crippen LogP contribution in [0.25, 0.3) is 0 Å². The van der Waals surface area contributed by atoms with E-state index in [4.69, 9.17) is 9.47 Å². The van der Waals surface area contributed by atoms with E-state index >= 15 is 0 Å². The van der Waals surface area contributed by atoms with Crippen LogP contribution in [0.15, 0.2) is 0 Å². The quantitative estimate of drug-likeness (QED) is 0.779. The molecule has 0 radical (unpaired) electrons. The summed E-state index contributed by atoms with van der Waals surface area (Å²) in [5.41, 5.74) is -0.473. The molecule has 2 unspecified atom stereocenters. The summed E-state index contributed by atoms with van der Waals surface area (Å²) in [5.74, 6) is 0. The molecule has 0 spiro atoms. The van der Waals surface area contributed by atoms with Crippen LogP contribution in [-0.4, -0.2) is 30.4 Å². The van der Waals surface area contributed by atoms with E-state index in [0.717, 1.165) is 25.9 Å². The molecule has 0 aromatic rings. The fourth-order valence-electron chi connectivity index (χ4n) is 2.23. The molecule has 1 amide bonds. The Morgan fingerprint density at radius 3 is 2.47 bits per heavy atom. The van der Waals surface area contributed by atoms with Gasteiger partial charge in [0.05, 0.1) is 6.10 Å². The van der Waals surface area contributed by atoms with Crippen molar-refractivity contribution in [2.24, 2.45) is 5.41 Å². The minimum atomic E-state index is -0.449. The number of hydrogen-bond acceptors (Lipinski definition) is 3. The Morgan fingerprint density at radius 1 is 1.37 bits per heavy atom. The molecule has 1 saturated carbocycles. The summed E-state index contributed by atoms with van der Waals surface area (Å²) < 4.78 is 11.1. The molecule has 0 aromatic heterocycles. The normalized spacial score (nSPS) is 25.6. The summed E-state index contributed by atoms with van der Waals surface area (Å²) >= 11 is 0. The van der Waals surface area contributed by atoms with Crippen LogP contribution in [0.5, 0.6) is 0 Å². The molecule has 112 valence electrons. The van der Waals surface area contributed by atoms with Gasteiger partial charge in [-0.15, -0.1) is 0 Å². The van der Waals surface area contributed by atoms with Crippen molar-refractivity contribution in [2.75, 3.05) is 6.61 Å². The standard InChI is InChI=1S/C15H29NO3/c1-7-8-9-18-12-10-11(15(12,5)6)16-13(17)19-14(2,3)4/h11-12H,7-10H2,1-6H3,(H,16,17). The van der Waals surface area contributed by atoms with Gasteiger partial charge < -0.3 is 14.8 Å². The first-order valence-corrected chi connectivity index (χ1v) is 7.28. The Bertz CT molecular complexity index is 307. The first kappa shape index (κ1) is 16.3. The zero-order valence-electron chi connectivity index (χ0n) is 13.2. The van der Waals surface area contributed by atoms with E-state index in [-0.39, 0.29) is 23.7 Å². The zero-order chi connectivity index (χ0) is 14.7. The van der Waals surface area contributed by atoms with Crippen molar-refractivity contribution in [2.45, 2.75) is 78.6 Å². The summed E-state index contributed by atoms with van der Waals surface area (Å²) in [4.78, 5) is 11.7. The number of ether oxygens (including phenoxy) is 2. The van der Waals surface area contributed by atoms with Crippen molar-refractivity contribution in [3.05, 3.63) is 0 Å². The number of hydrogen-bond donors (Lipinski definition) is 1. The maximum atomic E-state index is 11.7. The Morgan fingerprint density at radius 2 is 2.00 bits per heavy atom. The van der Waals surface area contributed by atoms with Crippen LogP contribution >= 0.6 is 0 Å². The van der Waals surface area contributed by atoms with Gasteiger partial charge in [-0.05, 0) is 33.6 Å². The summed E-state index contributed by atoms with van der Waals surface area (Å²) in [6.45, 7) is 12.8. The molecular formula is C15H29NO3. The third kappa shape index (κ3) is 4.68. The highest BCUT2D eigenvalue weighted by molar-refractivity contribution is 5.68. The van der Waals surface area contributed by atoms with E-state index in [0.29, 0.717) is 0 Å².